The van der Waals surface area contributed by atoms with Gasteiger partial charge in [-0.2, -0.15) is 0 Å². The van der Waals surface area contributed by atoms with Crippen LogP contribution in [0.15, 0.2) is 29.4 Å². The molecule has 0 spiro atoms. The lowest BCUT2D eigenvalue weighted by atomic mass is 10.2. The Morgan fingerprint density at radius 2 is 2.12 bits per heavy atom. The third-order valence-electron chi connectivity index (χ3n) is 1.85. The van der Waals surface area contributed by atoms with Gasteiger partial charge in [0.25, 0.3) is 0 Å². The van der Waals surface area contributed by atoms with E-state index < -0.39 is 0 Å². The number of rotatable bonds is 4. The van der Waals surface area contributed by atoms with Gasteiger partial charge >= 0.3 is 0 Å². The van der Waals surface area contributed by atoms with Gasteiger partial charge in [-0.05, 0) is 24.3 Å². The molecule has 0 saturated heterocycles. The summed E-state index contributed by atoms with van der Waals surface area (Å²) in [5.74, 6) is -0.214. The molecule has 0 saturated carbocycles. The lowest BCUT2D eigenvalue weighted by Crippen LogP contribution is -2.17. The van der Waals surface area contributed by atoms with Gasteiger partial charge in [0.2, 0.25) is 5.91 Å². The summed E-state index contributed by atoms with van der Waals surface area (Å²) in [5, 5.41) is 13.9. The van der Waals surface area contributed by atoms with E-state index in [0.29, 0.717) is 11.3 Å². The number of hydrogen-bond donors (Lipinski definition) is 3. The Hall–Kier alpha value is -2.08. The molecule has 0 bridgehead atoms. The van der Waals surface area contributed by atoms with Crippen molar-refractivity contribution in [3.8, 4) is 0 Å². The van der Waals surface area contributed by atoms with Crippen LogP contribution in [0.4, 0.5) is 5.69 Å². The highest BCUT2D eigenvalue weighted by Gasteiger charge is 2.02. The quantitative estimate of drug-likeness (QED) is 0.297. The number of nitrogens with zero attached hydrogens (tertiary/aromatic N) is 1. The number of ether oxygens (including phenoxy) is 1. The molecule has 0 unspecified atom stereocenters. The van der Waals surface area contributed by atoms with Crippen molar-refractivity contribution in [3.05, 3.63) is 29.8 Å². The highest BCUT2D eigenvalue weighted by Crippen LogP contribution is 2.09. The van der Waals surface area contributed by atoms with Gasteiger partial charge in [0, 0.05) is 18.4 Å². The standard InChI is InChI=1S/C10H13N3O3/c1-16-6-9(14)12-8-4-2-7(3-5-8)10(11)13-15/h2-5,15H,6H2,1H3,(H2,11,13)(H,12,14). The Labute approximate surface area is 92.7 Å². The minimum atomic E-state index is -0.237. The number of nitrogens with one attached hydrogen (secondary N) is 1. The fourth-order valence-electron chi connectivity index (χ4n) is 1.11. The SMILES string of the molecule is COCC(=O)Nc1ccc(C(N)=NO)cc1. The zero-order valence-corrected chi connectivity index (χ0v) is 8.80. The topological polar surface area (TPSA) is 96.9 Å². The minimum Gasteiger partial charge on any atom is -0.409 e. The molecule has 0 aliphatic heterocycles. The molecule has 1 amide bonds. The molecular weight excluding hydrogens is 210 g/mol. The number of carbonyl (C=O) groups excluding carboxylic acids is 1. The number of amides is 1. The maximum atomic E-state index is 11.2. The van der Waals surface area contributed by atoms with Crippen LogP contribution in [0.3, 0.4) is 0 Å². The van der Waals surface area contributed by atoms with Gasteiger partial charge in [-0.15, -0.1) is 0 Å². The number of amidine groups is 1. The largest absolute Gasteiger partial charge is 0.409 e. The molecule has 0 aliphatic carbocycles. The molecular formula is C10H13N3O3. The molecule has 0 radical (unpaired) electrons. The summed E-state index contributed by atoms with van der Waals surface area (Å²) in [6.07, 6.45) is 0. The zero-order valence-electron chi connectivity index (χ0n) is 8.80. The van der Waals surface area contributed by atoms with Gasteiger partial charge in [-0.1, -0.05) is 5.16 Å². The van der Waals surface area contributed by atoms with Crippen LogP contribution in [0.25, 0.3) is 0 Å². The first-order valence-electron chi connectivity index (χ1n) is 4.54. The van der Waals surface area contributed by atoms with Crippen LogP contribution in [-0.4, -0.2) is 30.7 Å². The second kappa shape index (κ2) is 5.72. The van der Waals surface area contributed by atoms with Gasteiger partial charge in [0.1, 0.15) is 6.61 Å². The lowest BCUT2D eigenvalue weighted by Gasteiger charge is -2.05. The Morgan fingerprint density at radius 3 is 2.62 bits per heavy atom. The number of benzene rings is 1. The summed E-state index contributed by atoms with van der Waals surface area (Å²) in [5.41, 5.74) is 6.58. The number of anilines is 1. The number of nitrogens with two attached hydrogens (primary N) is 1. The highest BCUT2D eigenvalue weighted by atomic mass is 16.5. The van der Waals surface area contributed by atoms with E-state index in [-0.39, 0.29) is 18.3 Å². The summed E-state index contributed by atoms with van der Waals surface area (Å²) >= 11 is 0. The Bertz CT molecular complexity index is 387. The van der Waals surface area contributed by atoms with Crippen molar-refractivity contribution in [2.24, 2.45) is 10.9 Å². The highest BCUT2D eigenvalue weighted by molar-refractivity contribution is 5.98. The average Bonchev–Trinajstić information content (AvgIpc) is 2.29. The minimum absolute atomic E-state index is 0.00197. The monoisotopic (exact) mass is 223 g/mol. The summed E-state index contributed by atoms with van der Waals surface area (Å²) < 4.78 is 4.67. The van der Waals surface area contributed by atoms with E-state index in [2.05, 4.69) is 15.2 Å². The molecule has 4 N–H and O–H groups in total. The molecule has 0 heterocycles. The van der Waals surface area contributed by atoms with E-state index in [0.717, 1.165) is 0 Å². The Morgan fingerprint density at radius 1 is 1.50 bits per heavy atom. The van der Waals surface area contributed by atoms with Crippen molar-refractivity contribution in [3.63, 3.8) is 0 Å². The van der Waals surface area contributed by atoms with Crippen LogP contribution in [-0.2, 0) is 9.53 Å². The average molecular weight is 223 g/mol. The van der Waals surface area contributed by atoms with Crippen LogP contribution in [0.1, 0.15) is 5.56 Å². The molecule has 16 heavy (non-hydrogen) atoms. The molecule has 86 valence electrons. The van der Waals surface area contributed by atoms with E-state index >= 15 is 0 Å². The molecule has 0 fully saturated rings. The summed E-state index contributed by atoms with van der Waals surface area (Å²) in [4.78, 5) is 11.2. The first kappa shape index (κ1) is 12.0. The van der Waals surface area contributed by atoms with E-state index in [4.69, 9.17) is 10.9 Å². The molecule has 1 aromatic carbocycles. The van der Waals surface area contributed by atoms with Gasteiger partial charge in [0.05, 0.1) is 0 Å². The summed E-state index contributed by atoms with van der Waals surface area (Å²) in [6.45, 7) is 0.00197. The molecule has 1 rings (SSSR count). The van der Waals surface area contributed by atoms with E-state index in [1.54, 1.807) is 24.3 Å². The molecule has 6 nitrogen and oxygen atoms in total. The van der Waals surface area contributed by atoms with Gasteiger partial charge in [-0.3, -0.25) is 4.79 Å². The number of carbonyl (C=O) groups is 1. The maximum absolute atomic E-state index is 11.2. The van der Waals surface area contributed by atoms with Crippen LogP contribution >= 0.6 is 0 Å². The third-order valence-corrected chi connectivity index (χ3v) is 1.85. The zero-order chi connectivity index (χ0) is 12.0. The van der Waals surface area contributed by atoms with Crippen molar-refractivity contribution in [1.82, 2.24) is 0 Å². The van der Waals surface area contributed by atoms with Crippen molar-refractivity contribution in [2.45, 2.75) is 0 Å². The lowest BCUT2D eigenvalue weighted by molar-refractivity contribution is -0.119. The third kappa shape index (κ3) is 3.25. The van der Waals surface area contributed by atoms with Crippen LogP contribution in [0.2, 0.25) is 0 Å². The normalized spacial score (nSPS) is 11.2. The van der Waals surface area contributed by atoms with Crippen molar-refractivity contribution >= 4 is 17.4 Å². The molecule has 0 atom stereocenters. The summed E-state index contributed by atoms with van der Waals surface area (Å²) in [7, 11) is 1.45. The number of methoxy groups -OCH3 is 1. The second-order valence-electron chi connectivity index (χ2n) is 3.04. The van der Waals surface area contributed by atoms with Crippen LogP contribution in [0.5, 0.6) is 0 Å². The van der Waals surface area contributed by atoms with Crippen molar-refractivity contribution in [2.75, 3.05) is 19.0 Å². The fraction of sp³-hybridized carbons (Fsp3) is 0.200. The molecule has 1 aromatic rings. The Balaban J connectivity index is 2.68. The van der Waals surface area contributed by atoms with Crippen LogP contribution < -0.4 is 11.1 Å². The van der Waals surface area contributed by atoms with E-state index in [9.17, 15) is 4.79 Å². The van der Waals surface area contributed by atoms with Gasteiger partial charge in [0.15, 0.2) is 5.84 Å². The molecule has 0 aliphatic rings. The van der Waals surface area contributed by atoms with E-state index in [1.165, 1.54) is 7.11 Å². The Kier molecular flexibility index (Phi) is 4.28. The predicted octanol–water partition coefficient (Wildman–Crippen LogP) is 0.366. The molecule has 6 heteroatoms. The van der Waals surface area contributed by atoms with Gasteiger partial charge < -0.3 is 21.0 Å². The number of oxime groups is 1. The smallest absolute Gasteiger partial charge is 0.250 e. The predicted molar refractivity (Wildman–Crippen MR) is 59.5 cm³/mol. The fourth-order valence-corrected chi connectivity index (χ4v) is 1.11. The van der Waals surface area contributed by atoms with E-state index in [1.807, 2.05) is 0 Å². The van der Waals surface area contributed by atoms with Crippen LogP contribution in [0, 0.1) is 0 Å². The first-order valence-corrected chi connectivity index (χ1v) is 4.54. The molecule has 0 aromatic heterocycles. The first-order chi connectivity index (χ1) is 7.67. The van der Waals surface area contributed by atoms with Gasteiger partial charge in [-0.25, -0.2) is 0 Å². The van der Waals surface area contributed by atoms with Crippen molar-refractivity contribution < 1.29 is 14.7 Å². The number of hydrogen-bond acceptors (Lipinski definition) is 4. The van der Waals surface area contributed by atoms with Crippen molar-refractivity contribution in [1.29, 1.82) is 0 Å². The second-order valence-corrected chi connectivity index (χ2v) is 3.04. The maximum Gasteiger partial charge on any atom is 0.250 e. The summed E-state index contributed by atoms with van der Waals surface area (Å²) in [6, 6.07) is 6.58.